The Hall–Kier alpha value is -1.33. The smallest absolute Gasteiger partial charge is 0.349 e. The minimum absolute atomic E-state index is 0. The monoisotopic (exact) mass is 277 g/mol. The quantitative estimate of drug-likeness (QED) is 0.856. The zero-order valence-corrected chi connectivity index (χ0v) is 11.3. The summed E-state index contributed by atoms with van der Waals surface area (Å²) in [5.41, 5.74) is 4.58. The summed E-state index contributed by atoms with van der Waals surface area (Å²) in [7, 11) is 1.27. The normalized spacial score (nSPS) is 10.5. The molecule has 0 saturated heterocycles. The van der Waals surface area contributed by atoms with Crippen LogP contribution in [0.3, 0.4) is 0 Å². The van der Waals surface area contributed by atoms with Gasteiger partial charge in [-0.25, -0.2) is 9.18 Å². The Morgan fingerprint density at radius 1 is 1.44 bits per heavy atom. The highest BCUT2D eigenvalue weighted by Gasteiger charge is 2.31. The molecule has 0 aliphatic carbocycles. The van der Waals surface area contributed by atoms with E-state index in [9.17, 15) is 9.18 Å². The lowest BCUT2D eigenvalue weighted by Gasteiger charge is -2.23. The number of rotatable bonds is 4. The molecule has 0 spiro atoms. The molecule has 0 radical (unpaired) electrons. The standard InChI is InChI=1S/C12H16FNO3.ClH/c1-12(2,11(15)16-3)17-9-5-4-8(7-14)10(13)6-9;/h4-6H,7,14H2,1-3H3;1H. The number of carbonyl (C=O) groups excluding carboxylic acids is 1. The van der Waals surface area contributed by atoms with Gasteiger partial charge in [-0.05, 0) is 19.9 Å². The largest absolute Gasteiger partial charge is 0.476 e. The minimum Gasteiger partial charge on any atom is -0.476 e. The Balaban J connectivity index is 0.00000289. The molecule has 4 nitrogen and oxygen atoms in total. The van der Waals surface area contributed by atoms with Crippen molar-refractivity contribution in [2.24, 2.45) is 5.73 Å². The van der Waals surface area contributed by atoms with Crippen molar-refractivity contribution in [1.82, 2.24) is 0 Å². The maximum Gasteiger partial charge on any atom is 0.349 e. The van der Waals surface area contributed by atoms with Gasteiger partial charge in [0, 0.05) is 18.2 Å². The number of carbonyl (C=O) groups is 1. The first kappa shape index (κ1) is 16.7. The van der Waals surface area contributed by atoms with E-state index in [0.717, 1.165) is 0 Å². The van der Waals surface area contributed by atoms with Crippen molar-refractivity contribution in [2.75, 3.05) is 7.11 Å². The fraction of sp³-hybridized carbons (Fsp3) is 0.417. The summed E-state index contributed by atoms with van der Waals surface area (Å²) in [5.74, 6) is -0.721. The van der Waals surface area contributed by atoms with Crippen molar-refractivity contribution in [3.63, 3.8) is 0 Å². The van der Waals surface area contributed by atoms with Crippen molar-refractivity contribution < 1.29 is 18.7 Å². The Morgan fingerprint density at radius 3 is 2.50 bits per heavy atom. The number of nitrogens with two attached hydrogens (primary N) is 1. The number of ether oxygens (including phenoxy) is 2. The first-order valence-corrected chi connectivity index (χ1v) is 5.16. The van der Waals surface area contributed by atoms with Gasteiger partial charge in [0.2, 0.25) is 0 Å². The lowest BCUT2D eigenvalue weighted by Crippen LogP contribution is -2.39. The summed E-state index contributed by atoms with van der Waals surface area (Å²) in [5, 5.41) is 0. The predicted octanol–water partition coefficient (Wildman–Crippen LogP) is 2.04. The first-order valence-electron chi connectivity index (χ1n) is 5.16. The molecule has 18 heavy (non-hydrogen) atoms. The topological polar surface area (TPSA) is 61.5 Å². The predicted molar refractivity (Wildman–Crippen MR) is 68.3 cm³/mol. The molecule has 0 aliphatic heterocycles. The number of methoxy groups -OCH3 is 1. The summed E-state index contributed by atoms with van der Waals surface area (Å²) in [6.45, 7) is 3.22. The Labute approximate surface area is 112 Å². The van der Waals surface area contributed by atoms with Crippen LogP contribution in [0.4, 0.5) is 4.39 Å². The third-order valence-corrected chi connectivity index (χ3v) is 2.29. The third kappa shape index (κ3) is 3.85. The molecule has 1 aromatic rings. The van der Waals surface area contributed by atoms with E-state index in [1.165, 1.54) is 19.2 Å². The van der Waals surface area contributed by atoms with Crippen molar-refractivity contribution in [1.29, 1.82) is 0 Å². The number of benzene rings is 1. The Kier molecular flexibility index (Phi) is 6.08. The molecular weight excluding hydrogens is 261 g/mol. The highest BCUT2D eigenvalue weighted by molar-refractivity contribution is 5.85. The van der Waals surface area contributed by atoms with Gasteiger partial charge in [0.05, 0.1) is 7.11 Å². The van der Waals surface area contributed by atoms with Crippen molar-refractivity contribution in [3.8, 4) is 5.75 Å². The van der Waals surface area contributed by atoms with Crippen molar-refractivity contribution >= 4 is 18.4 Å². The Morgan fingerprint density at radius 2 is 2.06 bits per heavy atom. The molecule has 0 unspecified atom stereocenters. The third-order valence-electron chi connectivity index (χ3n) is 2.29. The first-order chi connectivity index (χ1) is 7.90. The van der Waals surface area contributed by atoms with Crippen LogP contribution >= 0.6 is 12.4 Å². The van der Waals surface area contributed by atoms with Crippen LogP contribution in [0.2, 0.25) is 0 Å². The van der Waals surface area contributed by atoms with Gasteiger partial charge < -0.3 is 15.2 Å². The van der Waals surface area contributed by atoms with E-state index >= 15 is 0 Å². The molecule has 6 heteroatoms. The summed E-state index contributed by atoms with van der Waals surface area (Å²) < 4.78 is 23.4. The van der Waals surface area contributed by atoms with E-state index in [0.29, 0.717) is 5.56 Å². The SMILES string of the molecule is COC(=O)C(C)(C)Oc1ccc(CN)c(F)c1.Cl. The van der Waals surface area contributed by atoms with Crippen LogP contribution in [-0.4, -0.2) is 18.7 Å². The molecule has 1 aromatic carbocycles. The number of hydrogen-bond donors (Lipinski definition) is 1. The van der Waals surface area contributed by atoms with Gasteiger partial charge in [-0.3, -0.25) is 0 Å². The van der Waals surface area contributed by atoms with Gasteiger partial charge in [0.25, 0.3) is 0 Å². The average molecular weight is 278 g/mol. The number of hydrogen-bond acceptors (Lipinski definition) is 4. The molecule has 0 amide bonds. The lowest BCUT2D eigenvalue weighted by molar-refractivity contribution is -0.156. The molecule has 0 atom stereocenters. The number of halogens is 2. The molecule has 0 bridgehead atoms. The van der Waals surface area contributed by atoms with Crippen LogP contribution in [-0.2, 0) is 16.1 Å². The molecule has 0 aliphatic rings. The van der Waals surface area contributed by atoms with Gasteiger partial charge in [-0.2, -0.15) is 0 Å². The average Bonchev–Trinajstić information content (AvgIpc) is 2.27. The Bertz CT molecular complexity index is 424. The van der Waals surface area contributed by atoms with Crippen LogP contribution < -0.4 is 10.5 Å². The zero-order valence-electron chi connectivity index (χ0n) is 10.5. The van der Waals surface area contributed by atoms with Crippen LogP contribution in [0.1, 0.15) is 19.4 Å². The molecule has 0 heterocycles. The van der Waals surface area contributed by atoms with Gasteiger partial charge in [-0.15, -0.1) is 12.4 Å². The van der Waals surface area contributed by atoms with Crippen LogP contribution in [0.5, 0.6) is 5.75 Å². The summed E-state index contributed by atoms with van der Waals surface area (Å²) in [6.07, 6.45) is 0. The second kappa shape index (κ2) is 6.56. The molecule has 0 saturated carbocycles. The van der Waals surface area contributed by atoms with E-state index in [-0.39, 0.29) is 24.7 Å². The fourth-order valence-corrected chi connectivity index (χ4v) is 1.34. The van der Waals surface area contributed by atoms with Gasteiger partial charge in [0.15, 0.2) is 5.60 Å². The van der Waals surface area contributed by atoms with Crippen LogP contribution in [0, 0.1) is 5.82 Å². The van der Waals surface area contributed by atoms with E-state index in [1.807, 2.05) is 0 Å². The zero-order chi connectivity index (χ0) is 13.1. The molecule has 0 aromatic heterocycles. The van der Waals surface area contributed by atoms with E-state index in [1.54, 1.807) is 19.9 Å². The molecule has 1 rings (SSSR count). The van der Waals surface area contributed by atoms with Crippen LogP contribution in [0.25, 0.3) is 0 Å². The second-order valence-corrected chi connectivity index (χ2v) is 4.06. The summed E-state index contributed by atoms with van der Waals surface area (Å²) >= 11 is 0. The van der Waals surface area contributed by atoms with Crippen LogP contribution in [0.15, 0.2) is 18.2 Å². The van der Waals surface area contributed by atoms with E-state index in [2.05, 4.69) is 4.74 Å². The fourth-order valence-electron chi connectivity index (χ4n) is 1.34. The summed E-state index contributed by atoms with van der Waals surface area (Å²) in [6, 6.07) is 4.29. The maximum absolute atomic E-state index is 13.4. The lowest BCUT2D eigenvalue weighted by atomic mass is 10.1. The van der Waals surface area contributed by atoms with Crippen molar-refractivity contribution in [2.45, 2.75) is 26.0 Å². The highest BCUT2D eigenvalue weighted by atomic mass is 35.5. The molecule has 0 fully saturated rings. The van der Waals surface area contributed by atoms with Gasteiger partial charge in [-0.1, -0.05) is 6.07 Å². The van der Waals surface area contributed by atoms with E-state index in [4.69, 9.17) is 10.5 Å². The molecule has 102 valence electrons. The minimum atomic E-state index is -1.16. The summed E-state index contributed by atoms with van der Waals surface area (Å²) in [4.78, 5) is 11.4. The van der Waals surface area contributed by atoms with Gasteiger partial charge in [0.1, 0.15) is 11.6 Å². The maximum atomic E-state index is 13.4. The van der Waals surface area contributed by atoms with Crippen molar-refractivity contribution in [3.05, 3.63) is 29.6 Å². The second-order valence-electron chi connectivity index (χ2n) is 4.06. The molecule has 2 N–H and O–H groups in total. The number of esters is 1. The van der Waals surface area contributed by atoms with Gasteiger partial charge >= 0.3 is 5.97 Å². The highest BCUT2D eigenvalue weighted by Crippen LogP contribution is 2.22. The van der Waals surface area contributed by atoms with E-state index < -0.39 is 17.4 Å². The molecular formula is C12H17ClFNO3.